The van der Waals surface area contributed by atoms with Gasteiger partial charge in [-0.05, 0) is 48.0 Å². The highest BCUT2D eigenvalue weighted by molar-refractivity contribution is 6.31. The maximum Gasteiger partial charge on any atom is 0.416 e. The van der Waals surface area contributed by atoms with Gasteiger partial charge in [0.25, 0.3) is 5.56 Å². The van der Waals surface area contributed by atoms with E-state index in [9.17, 15) is 32.5 Å². The van der Waals surface area contributed by atoms with Gasteiger partial charge in [-0.25, -0.2) is 9.37 Å². The largest absolute Gasteiger partial charge is 0.481 e. The van der Waals surface area contributed by atoms with Crippen LogP contribution in [0.15, 0.2) is 94.8 Å². The lowest BCUT2D eigenvalue weighted by Gasteiger charge is -2.13. The average molecular weight is 597 g/mol. The Morgan fingerprint density at radius 2 is 1.79 bits per heavy atom. The third kappa shape index (κ3) is 5.98. The summed E-state index contributed by atoms with van der Waals surface area (Å²) in [5.74, 6) is -1.02. The minimum atomic E-state index is -4.66. The molecule has 0 amide bonds. The zero-order valence-corrected chi connectivity index (χ0v) is 21.9. The number of rotatable bonds is 7. The topological polar surface area (TPSA) is 99.6 Å². The van der Waals surface area contributed by atoms with Crippen LogP contribution in [-0.4, -0.2) is 20.8 Å². The summed E-state index contributed by atoms with van der Waals surface area (Å²) in [6.07, 6.45) is -3.61. The van der Waals surface area contributed by atoms with Crippen LogP contribution in [-0.2, 0) is 12.8 Å². The molecule has 5 rings (SSSR count). The second kappa shape index (κ2) is 11.4. The highest BCUT2D eigenvalue weighted by Gasteiger charge is 2.31. The number of hydrogen-bond donors (Lipinski definition) is 0. The van der Waals surface area contributed by atoms with Crippen molar-refractivity contribution in [2.45, 2.75) is 12.8 Å². The summed E-state index contributed by atoms with van der Waals surface area (Å²) >= 11 is 6.12. The van der Waals surface area contributed by atoms with Gasteiger partial charge in [-0.1, -0.05) is 48.0 Å². The van der Waals surface area contributed by atoms with E-state index in [2.05, 4.69) is 10.1 Å². The summed E-state index contributed by atoms with van der Waals surface area (Å²) in [5.41, 5.74) is -1.67. The molecule has 0 aliphatic rings. The molecule has 1 heterocycles. The Morgan fingerprint density at radius 1 is 1.02 bits per heavy atom. The molecule has 13 heteroatoms. The van der Waals surface area contributed by atoms with Crippen LogP contribution in [0.3, 0.4) is 0 Å². The second-order valence-electron chi connectivity index (χ2n) is 8.91. The highest BCUT2D eigenvalue weighted by Crippen LogP contribution is 2.35. The molecule has 0 unspecified atom stereocenters. The van der Waals surface area contributed by atoms with Crippen molar-refractivity contribution in [2.75, 3.05) is 0 Å². The maximum atomic E-state index is 13.7. The number of para-hydroxylation sites is 1. The average Bonchev–Trinajstić information content (AvgIpc) is 2.95. The zero-order valence-electron chi connectivity index (χ0n) is 21.2. The van der Waals surface area contributed by atoms with Crippen molar-refractivity contribution in [3.8, 4) is 17.1 Å². The number of nitro benzene ring substituents is 1. The molecule has 42 heavy (non-hydrogen) atoms. The van der Waals surface area contributed by atoms with Crippen molar-refractivity contribution >= 4 is 34.4 Å². The van der Waals surface area contributed by atoms with Crippen molar-refractivity contribution < 1.29 is 27.2 Å². The van der Waals surface area contributed by atoms with E-state index in [-0.39, 0.29) is 45.2 Å². The van der Waals surface area contributed by atoms with Gasteiger partial charge in [0.15, 0.2) is 5.82 Å². The van der Waals surface area contributed by atoms with Gasteiger partial charge < -0.3 is 4.74 Å². The predicted molar refractivity (Wildman–Crippen MR) is 148 cm³/mol. The van der Waals surface area contributed by atoms with Gasteiger partial charge in [0.1, 0.15) is 12.4 Å². The first kappa shape index (κ1) is 28.4. The van der Waals surface area contributed by atoms with Crippen LogP contribution in [0.4, 0.5) is 23.2 Å². The summed E-state index contributed by atoms with van der Waals surface area (Å²) in [7, 11) is 0. The van der Waals surface area contributed by atoms with E-state index in [0.717, 1.165) is 29.1 Å². The van der Waals surface area contributed by atoms with Gasteiger partial charge >= 0.3 is 11.9 Å². The monoisotopic (exact) mass is 596 g/mol. The molecule has 212 valence electrons. The number of ether oxygens (including phenoxy) is 1. The van der Waals surface area contributed by atoms with Gasteiger partial charge in [0.05, 0.1) is 27.6 Å². The fraction of sp³-hybridized carbons (Fsp3) is 0.0690. The summed E-state index contributed by atoms with van der Waals surface area (Å²) in [5, 5.41) is 16.1. The molecule has 0 N–H and O–H groups in total. The second-order valence-corrected chi connectivity index (χ2v) is 9.35. The van der Waals surface area contributed by atoms with Crippen LogP contribution >= 0.6 is 11.6 Å². The van der Waals surface area contributed by atoms with E-state index < -0.39 is 33.7 Å². The van der Waals surface area contributed by atoms with Gasteiger partial charge in [-0.15, -0.1) is 0 Å². The molecule has 5 aromatic rings. The summed E-state index contributed by atoms with van der Waals surface area (Å²) in [6.45, 7) is -0.256. The lowest BCUT2D eigenvalue weighted by molar-refractivity contribution is -0.385. The number of nitrogens with zero attached hydrogens (tertiary/aromatic N) is 4. The molecule has 1 aromatic heterocycles. The third-order valence-electron chi connectivity index (χ3n) is 6.05. The first-order chi connectivity index (χ1) is 20.0. The van der Waals surface area contributed by atoms with E-state index in [1.54, 1.807) is 18.2 Å². The number of hydrogen-bond acceptors (Lipinski definition) is 6. The lowest BCUT2D eigenvalue weighted by atomic mass is 10.1. The Morgan fingerprint density at radius 3 is 2.52 bits per heavy atom. The SMILES string of the molecule is O=c1c2ccccc2nc(-c2cccc(C(F)(F)F)c2)n1N=Cc1cc(Cl)cc([N+](=O)[O-])c1OCc1cccc(F)c1. The molecule has 8 nitrogen and oxygen atoms in total. The third-order valence-corrected chi connectivity index (χ3v) is 6.26. The van der Waals surface area contributed by atoms with Crippen molar-refractivity contribution in [3.63, 3.8) is 0 Å². The first-order valence-electron chi connectivity index (χ1n) is 12.1. The zero-order chi connectivity index (χ0) is 30.0. The molecule has 0 saturated carbocycles. The molecule has 0 bridgehead atoms. The Labute approximate surface area is 239 Å². The summed E-state index contributed by atoms with van der Waals surface area (Å²) in [4.78, 5) is 29.0. The van der Waals surface area contributed by atoms with Gasteiger partial charge in [0.2, 0.25) is 5.75 Å². The quantitative estimate of drug-likeness (QED) is 0.0853. The molecule has 4 aromatic carbocycles. The van der Waals surface area contributed by atoms with Crippen LogP contribution in [0.2, 0.25) is 5.02 Å². The van der Waals surface area contributed by atoms with Crippen molar-refractivity contribution in [3.05, 3.63) is 133 Å². The van der Waals surface area contributed by atoms with Crippen molar-refractivity contribution in [1.29, 1.82) is 0 Å². The van der Waals surface area contributed by atoms with E-state index >= 15 is 0 Å². The van der Waals surface area contributed by atoms with Gasteiger partial charge in [0, 0.05) is 22.2 Å². The van der Waals surface area contributed by atoms with Crippen LogP contribution in [0.1, 0.15) is 16.7 Å². The fourth-order valence-corrected chi connectivity index (χ4v) is 4.36. The van der Waals surface area contributed by atoms with E-state index in [1.165, 1.54) is 48.5 Å². The molecular weight excluding hydrogens is 580 g/mol. The minimum Gasteiger partial charge on any atom is -0.481 e. The first-order valence-corrected chi connectivity index (χ1v) is 12.5. The highest BCUT2D eigenvalue weighted by atomic mass is 35.5. The van der Waals surface area contributed by atoms with E-state index in [0.29, 0.717) is 5.56 Å². The standard InChI is InChI=1S/C29H17ClF4N4O4/c30-21-13-19(26(25(14-21)38(40)41)42-16-17-5-3-8-22(31)11-17)15-35-37-27(18-6-4-7-20(12-18)29(32,33)34)36-24-10-2-1-9-23(24)28(37)39/h1-15H,16H2. The predicted octanol–water partition coefficient (Wildman–Crippen LogP) is 7.24. The molecule has 0 atom stereocenters. The summed E-state index contributed by atoms with van der Waals surface area (Å²) < 4.78 is 60.5. The van der Waals surface area contributed by atoms with Crippen molar-refractivity contribution in [1.82, 2.24) is 9.66 Å². The van der Waals surface area contributed by atoms with Gasteiger partial charge in [-0.2, -0.15) is 22.9 Å². The smallest absolute Gasteiger partial charge is 0.416 e. The molecule has 0 saturated heterocycles. The number of fused-ring (bicyclic) bond motifs is 1. The number of aromatic nitrogens is 2. The molecular formula is C29H17ClF4N4O4. The molecule has 0 spiro atoms. The normalized spacial score (nSPS) is 11.7. The Kier molecular flexibility index (Phi) is 7.72. The van der Waals surface area contributed by atoms with E-state index in [1.807, 2.05) is 0 Å². The number of alkyl halides is 3. The van der Waals surface area contributed by atoms with Crippen LogP contribution in [0.25, 0.3) is 22.3 Å². The van der Waals surface area contributed by atoms with Crippen molar-refractivity contribution in [2.24, 2.45) is 5.10 Å². The molecule has 0 fully saturated rings. The number of benzene rings is 4. The summed E-state index contributed by atoms with van der Waals surface area (Å²) in [6, 6.07) is 18.2. The van der Waals surface area contributed by atoms with Crippen LogP contribution in [0, 0.1) is 15.9 Å². The molecule has 0 aliphatic heterocycles. The maximum absolute atomic E-state index is 13.7. The molecule has 0 radical (unpaired) electrons. The fourth-order valence-electron chi connectivity index (χ4n) is 4.14. The number of halogens is 5. The van der Waals surface area contributed by atoms with E-state index in [4.69, 9.17) is 16.3 Å². The van der Waals surface area contributed by atoms with Gasteiger partial charge in [-0.3, -0.25) is 14.9 Å². The minimum absolute atomic E-state index is 0.0272. The Hall–Kier alpha value is -5.10. The number of nitro groups is 1. The van der Waals surface area contributed by atoms with Crippen LogP contribution < -0.4 is 10.3 Å². The lowest BCUT2D eigenvalue weighted by Crippen LogP contribution is -2.20. The Bertz CT molecular complexity index is 1930. The van der Waals surface area contributed by atoms with Crippen LogP contribution in [0.5, 0.6) is 5.75 Å². The molecule has 0 aliphatic carbocycles. The Balaban J connectivity index is 1.66.